The summed E-state index contributed by atoms with van der Waals surface area (Å²) in [6.45, 7) is 1.64. The Kier molecular flexibility index (Phi) is 4.23. The van der Waals surface area contributed by atoms with Gasteiger partial charge in [-0.25, -0.2) is 0 Å². The summed E-state index contributed by atoms with van der Waals surface area (Å²) in [4.78, 5) is 21.2. The van der Waals surface area contributed by atoms with E-state index in [-0.39, 0.29) is 24.7 Å². The molecule has 1 aliphatic rings. The van der Waals surface area contributed by atoms with Gasteiger partial charge in [0.1, 0.15) is 5.60 Å². The first-order valence-electron chi connectivity index (χ1n) is 5.47. The van der Waals surface area contributed by atoms with Crippen LogP contribution in [0.5, 0.6) is 0 Å². The Bertz CT molecular complexity index is 270. The molecule has 0 unspecified atom stereocenters. The van der Waals surface area contributed by atoms with Crippen LogP contribution in [0.25, 0.3) is 0 Å². The molecule has 0 aromatic rings. The number of hydrogen-bond acceptors (Lipinski definition) is 5. The van der Waals surface area contributed by atoms with Crippen molar-refractivity contribution in [2.75, 3.05) is 13.2 Å². The normalized spacial score (nSPS) is 29.8. The van der Waals surface area contributed by atoms with Crippen molar-refractivity contribution in [1.29, 1.82) is 0 Å². The third kappa shape index (κ3) is 3.44. The SMILES string of the molecule is CCOC(=O)C1CCC(O)(C[N+](=O)[O-])CC1. The Morgan fingerprint density at radius 2 is 2.12 bits per heavy atom. The van der Waals surface area contributed by atoms with E-state index in [0.29, 0.717) is 19.4 Å². The van der Waals surface area contributed by atoms with Gasteiger partial charge < -0.3 is 9.84 Å². The average molecular weight is 231 g/mol. The molecule has 6 nitrogen and oxygen atoms in total. The zero-order chi connectivity index (χ0) is 12.2. The van der Waals surface area contributed by atoms with Crippen LogP contribution in [0.4, 0.5) is 0 Å². The number of rotatable bonds is 4. The number of carbonyl (C=O) groups is 1. The number of hydrogen-bond donors (Lipinski definition) is 1. The van der Waals surface area contributed by atoms with E-state index in [1.165, 1.54) is 0 Å². The van der Waals surface area contributed by atoms with Gasteiger partial charge in [-0.2, -0.15) is 0 Å². The third-order valence-electron chi connectivity index (χ3n) is 2.96. The summed E-state index contributed by atoms with van der Waals surface area (Å²) >= 11 is 0. The summed E-state index contributed by atoms with van der Waals surface area (Å²) in [6, 6.07) is 0. The predicted molar refractivity (Wildman–Crippen MR) is 55.4 cm³/mol. The smallest absolute Gasteiger partial charge is 0.308 e. The van der Waals surface area contributed by atoms with Gasteiger partial charge in [0.05, 0.1) is 12.5 Å². The fourth-order valence-corrected chi connectivity index (χ4v) is 2.05. The lowest BCUT2D eigenvalue weighted by atomic mass is 9.79. The molecule has 0 radical (unpaired) electrons. The first-order chi connectivity index (χ1) is 7.47. The number of carbonyl (C=O) groups excluding carboxylic acids is 1. The quantitative estimate of drug-likeness (QED) is 0.438. The minimum absolute atomic E-state index is 0.216. The van der Waals surface area contributed by atoms with Crippen molar-refractivity contribution >= 4 is 5.97 Å². The second kappa shape index (κ2) is 5.25. The lowest BCUT2D eigenvalue weighted by Gasteiger charge is -2.31. The van der Waals surface area contributed by atoms with Crippen LogP contribution in [-0.2, 0) is 9.53 Å². The summed E-state index contributed by atoms with van der Waals surface area (Å²) < 4.78 is 4.88. The summed E-state index contributed by atoms with van der Waals surface area (Å²) in [7, 11) is 0. The highest BCUT2D eigenvalue weighted by atomic mass is 16.6. The molecule has 0 aromatic carbocycles. The highest BCUT2D eigenvalue weighted by molar-refractivity contribution is 5.72. The maximum atomic E-state index is 11.4. The lowest BCUT2D eigenvalue weighted by molar-refractivity contribution is -0.502. The number of ether oxygens (including phenoxy) is 1. The minimum Gasteiger partial charge on any atom is -0.466 e. The second-order valence-corrected chi connectivity index (χ2v) is 4.24. The first kappa shape index (κ1) is 12.9. The predicted octanol–water partition coefficient (Wildman–Crippen LogP) is 0.748. The van der Waals surface area contributed by atoms with E-state index in [4.69, 9.17) is 4.74 Å². The van der Waals surface area contributed by atoms with Crippen molar-refractivity contribution in [3.05, 3.63) is 10.1 Å². The highest BCUT2D eigenvalue weighted by Crippen LogP contribution is 2.32. The monoisotopic (exact) mass is 231 g/mol. The fourth-order valence-electron chi connectivity index (χ4n) is 2.05. The Morgan fingerprint density at radius 3 is 2.56 bits per heavy atom. The molecule has 0 bridgehead atoms. The van der Waals surface area contributed by atoms with Crippen LogP contribution in [0.1, 0.15) is 32.6 Å². The van der Waals surface area contributed by atoms with Gasteiger partial charge >= 0.3 is 5.97 Å². The van der Waals surface area contributed by atoms with Crippen molar-refractivity contribution in [3.8, 4) is 0 Å². The Balaban J connectivity index is 2.44. The summed E-state index contributed by atoms with van der Waals surface area (Å²) in [5.41, 5.74) is -1.24. The standard InChI is InChI=1S/C10H17NO5/c1-2-16-9(12)8-3-5-10(13,6-4-8)7-11(14)15/h8,13H,2-7H2,1H3. The van der Waals surface area contributed by atoms with Crippen LogP contribution in [-0.4, -0.2) is 34.8 Å². The van der Waals surface area contributed by atoms with Crippen LogP contribution in [0, 0.1) is 16.0 Å². The van der Waals surface area contributed by atoms with Crippen LogP contribution >= 0.6 is 0 Å². The molecule has 1 aliphatic carbocycles. The molecule has 16 heavy (non-hydrogen) atoms. The molecule has 0 heterocycles. The molecular weight excluding hydrogens is 214 g/mol. The Morgan fingerprint density at radius 1 is 1.56 bits per heavy atom. The van der Waals surface area contributed by atoms with Gasteiger partial charge in [-0.05, 0) is 32.6 Å². The van der Waals surface area contributed by atoms with E-state index in [2.05, 4.69) is 0 Å². The topological polar surface area (TPSA) is 89.7 Å². The molecule has 6 heteroatoms. The van der Waals surface area contributed by atoms with Crippen molar-refractivity contribution in [2.24, 2.45) is 5.92 Å². The van der Waals surface area contributed by atoms with E-state index in [9.17, 15) is 20.0 Å². The molecule has 0 amide bonds. The van der Waals surface area contributed by atoms with E-state index in [1.807, 2.05) is 0 Å². The van der Waals surface area contributed by atoms with Crippen molar-refractivity contribution < 1.29 is 19.6 Å². The lowest BCUT2D eigenvalue weighted by Crippen LogP contribution is -2.42. The zero-order valence-corrected chi connectivity index (χ0v) is 9.35. The van der Waals surface area contributed by atoms with Crippen molar-refractivity contribution in [3.63, 3.8) is 0 Å². The van der Waals surface area contributed by atoms with Gasteiger partial charge in [-0.3, -0.25) is 14.9 Å². The minimum atomic E-state index is -1.24. The number of esters is 1. The second-order valence-electron chi connectivity index (χ2n) is 4.24. The van der Waals surface area contributed by atoms with Gasteiger partial charge in [-0.15, -0.1) is 0 Å². The summed E-state index contributed by atoms with van der Waals surface area (Å²) in [5.74, 6) is -0.474. The van der Waals surface area contributed by atoms with Gasteiger partial charge in [0.15, 0.2) is 0 Å². The van der Waals surface area contributed by atoms with E-state index < -0.39 is 17.1 Å². The number of nitro groups is 1. The van der Waals surface area contributed by atoms with Gasteiger partial charge in [0, 0.05) is 4.92 Å². The molecule has 1 fully saturated rings. The molecule has 0 spiro atoms. The molecule has 1 rings (SSSR count). The maximum absolute atomic E-state index is 11.4. The first-order valence-corrected chi connectivity index (χ1v) is 5.47. The summed E-state index contributed by atoms with van der Waals surface area (Å²) in [6.07, 6.45) is 1.50. The van der Waals surface area contributed by atoms with Crippen molar-refractivity contribution in [2.45, 2.75) is 38.2 Å². The van der Waals surface area contributed by atoms with E-state index >= 15 is 0 Å². The molecule has 0 atom stereocenters. The number of aliphatic hydroxyl groups is 1. The van der Waals surface area contributed by atoms with Crippen LogP contribution in [0.15, 0.2) is 0 Å². The average Bonchev–Trinajstić information content (AvgIpc) is 2.17. The molecule has 1 N–H and O–H groups in total. The molecule has 0 saturated heterocycles. The molecular formula is C10H17NO5. The van der Waals surface area contributed by atoms with Crippen LogP contribution < -0.4 is 0 Å². The Hall–Kier alpha value is -1.17. The van der Waals surface area contributed by atoms with E-state index in [1.54, 1.807) is 6.92 Å². The molecule has 0 aromatic heterocycles. The van der Waals surface area contributed by atoms with Gasteiger partial charge in [0.25, 0.3) is 0 Å². The van der Waals surface area contributed by atoms with Crippen LogP contribution in [0.3, 0.4) is 0 Å². The third-order valence-corrected chi connectivity index (χ3v) is 2.96. The van der Waals surface area contributed by atoms with Gasteiger partial charge in [0.2, 0.25) is 6.54 Å². The Labute approximate surface area is 93.7 Å². The number of nitrogens with zero attached hydrogens (tertiary/aromatic N) is 1. The van der Waals surface area contributed by atoms with Gasteiger partial charge in [-0.1, -0.05) is 0 Å². The van der Waals surface area contributed by atoms with E-state index in [0.717, 1.165) is 0 Å². The maximum Gasteiger partial charge on any atom is 0.308 e. The van der Waals surface area contributed by atoms with Crippen LogP contribution in [0.2, 0.25) is 0 Å². The molecule has 1 saturated carbocycles. The molecule has 92 valence electrons. The summed E-state index contributed by atoms with van der Waals surface area (Å²) in [5, 5.41) is 20.2. The molecule has 0 aliphatic heterocycles. The zero-order valence-electron chi connectivity index (χ0n) is 9.35. The fraction of sp³-hybridized carbons (Fsp3) is 0.900. The van der Waals surface area contributed by atoms with Crippen molar-refractivity contribution in [1.82, 2.24) is 0 Å². The largest absolute Gasteiger partial charge is 0.466 e. The highest BCUT2D eigenvalue weighted by Gasteiger charge is 2.39.